The summed E-state index contributed by atoms with van der Waals surface area (Å²) in [6.07, 6.45) is 9.58. The zero-order valence-electron chi connectivity index (χ0n) is 10.6. The molecule has 1 fully saturated rings. The summed E-state index contributed by atoms with van der Waals surface area (Å²) in [4.78, 5) is 2.31. The number of hydrogen-bond donors (Lipinski definition) is 0. The molecule has 0 bridgehead atoms. The van der Waals surface area contributed by atoms with E-state index in [9.17, 15) is 4.39 Å². The summed E-state index contributed by atoms with van der Waals surface area (Å²) in [5.74, 6) is -0.181. The van der Waals surface area contributed by atoms with E-state index in [1.807, 2.05) is 12.2 Å². The molecule has 2 aliphatic rings. The molecule has 1 aliphatic carbocycles. The summed E-state index contributed by atoms with van der Waals surface area (Å²) in [5, 5.41) is 0. The van der Waals surface area contributed by atoms with Crippen molar-refractivity contribution in [1.82, 2.24) is 4.90 Å². The lowest BCUT2D eigenvalue weighted by Crippen LogP contribution is -2.45. The summed E-state index contributed by atoms with van der Waals surface area (Å²) in [6, 6.07) is 0. The first kappa shape index (κ1) is 12.5. The Balaban J connectivity index is 2.21. The Kier molecular flexibility index (Phi) is 3.79. The molecule has 3 heteroatoms. The lowest BCUT2D eigenvalue weighted by atomic mass is 9.82. The first-order valence-electron chi connectivity index (χ1n) is 6.13. The van der Waals surface area contributed by atoms with Crippen molar-refractivity contribution in [2.45, 2.75) is 24.9 Å². The van der Waals surface area contributed by atoms with Gasteiger partial charge in [-0.15, -0.1) is 0 Å². The molecule has 94 valence electrons. The van der Waals surface area contributed by atoms with Crippen LogP contribution in [-0.2, 0) is 4.74 Å². The van der Waals surface area contributed by atoms with Gasteiger partial charge in [0.15, 0.2) is 0 Å². The predicted octanol–water partition coefficient (Wildman–Crippen LogP) is 2.84. The van der Waals surface area contributed by atoms with Crippen LogP contribution in [0.1, 0.15) is 19.3 Å². The molecular formula is C14H20FNO. The van der Waals surface area contributed by atoms with Crippen LogP contribution in [0, 0.1) is 0 Å². The molecule has 0 N–H and O–H groups in total. The third kappa shape index (κ3) is 2.67. The maximum Gasteiger partial charge on any atom is 0.122 e. The minimum Gasteiger partial charge on any atom is -0.374 e. The molecule has 1 aliphatic heterocycles. The summed E-state index contributed by atoms with van der Waals surface area (Å²) in [7, 11) is 3.89. The lowest BCUT2D eigenvalue weighted by molar-refractivity contribution is -0.0253. The van der Waals surface area contributed by atoms with Crippen molar-refractivity contribution in [3.63, 3.8) is 0 Å². The zero-order chi connectivity index (χ0) is 12.3. The van der Waals surface area contributed by atoms with Crippen LogP contribution in [0.25, 0.3) is 0 Å². The molecule has 0 aromatic heterocycles. The fourth-order valence-electron chi connectivity index (χ4n) is 2.58. The van der Waals surface area contributed by atoms with Crippen molar-refractivity contribution in [2.24, 2.45) is 0 Å². The number of ether oxygens (including phenoxy) is 1. The second-order valence-electron chi connectivity index (χ2n) is 4.85. The number of nitrogens with zero attached hydrogens (tertiary/aromatic N) is 1. The number of halogens is 1. The molecule has 0 aromatic rings. The lowest BCUT2D eigenvalue weighted by Gasteiger charge is -2.41. The van der Waals surface area contributed by atoms with Gasteiger partial charge in [0, 0.05) is 20.2 Å². The summed E-state index contributed by atoms with van der Waals surface area (Å²) < 4.78 is 18.9. The third-order valence-corrected chi connectivity index (χ3v) is 3.83. The van der Waals surface area contributed by atoms with Gasteiger partial charge in [-0.25, -0.2) is 4.39 Å². The second kappa shape index (κ2) is 5.15. The van der Waals surface area contributed by atoms with Crippen LogP contribution in [0.5, 0.6) is 0 Å². The van der Waals surface area contributed by atoms with Crippen LogP contribution in [0.3, 0.4) is 0 Å². The number of likely N-dealkylation sites (tertiary alicyclic amines) is 1. The highest BCUT2D eigenvalue weighted by Crippen LogP contribution is 2.35. The maximum absolute atomic E-state index is 13.2. The summed E-state index contributed by atoms with van der Waals surface area (Å²) >= 11 is 0. The van der Waals surface area contributed by atoms with Crippen LogP contribution in [0.4, 0.5) is 4.39 Å². The van der Waals surface area contributed by atoms with E-state index in [0.29, 0.717) is 0 Å². The molecule has 0 atom stereocenters. The molecule has 2 rings (SSSR count). The molecule has 0 radical (unpaired) electrons. The van der Waals surface area contributed by atoms with Gasteiger partial charge in [0.2, 0.25) is 0 Å². The number of allylic oxidation sites excluding steroid dienone is 5. The topological polar surface area (TPSA) is 12.5 Å². The van der Waals surface area contributed by atoms with E-state index in [4.69, 9.17) is 4.74 Å². The van der Waals surface area contributed by atoms with Crippen molar-refractivity contribution >= 4 is 0 Å². The molecule has 0 spiro atoms. The first-order valence-corrected chi connectivity index (χ1v) is 6.13. The van der Waals surface area contributed by atoms with Gasteiger partial charge in [-0.1, -0.05) is 12.2 Å². The van der Waals surface area contributed by atoms with Gasteiger partial charge in [0.1, 0.15) is 5.83 Å². The van der Waals surface area contributed by atoms with Crippen LogP contribution < -0.4 is 0 Å². The van der Waals surface area contributed by atoms with E-state index < -0.39 is 0 Å². The quantitative estimate of drug-likeness (QED) is 0.732. The fraction of sp³-hybridized carbons (Fsp3) is 0.571. The Morgan fingerprint density at radius 3 is 2.65 bits per heavy atom. The van der Waals surface area contributed by atoms with Crippen molar-refractivity contribution in [1.29, 1.82) is 0 Å². The van der Waals surface area contributed by atoms with E-state index in [1.54, 1.807) is 7.11 Å². The summed E-state index contributed by atoms with van der Waals surface area (Å²) in [5.41, 5.74) is 0.995. The van der Waals surface area contributed by atoms with E-state index in [-0.39, 0.29) is 11.4 Å². The van der Waals surface area contributed by atoms with Crippen molar-refractivity contribution < 1.29 is 9.13 Å². The standard InChI is InChI=1S/C14H20FNO/c1-16-10-8-14(17-2,9-11-16)12-4-3-5-13(15)7-6-12/h3,5-7H,4,8-11H2,1-2H3. The minimum absolute atomic E-state index is 0.181. The Morgan fingerprint density at radius 1 is 1.29 bits per heavy atom. The maximum atomic E-state index is 13.2. The molecule has 0 unspecified atom stereocenters. The molecule has 0 saturated carbocycles. The molecule has 1 heterocycles. The highest BCUT2D eigenvalue weighted by molar-refractivity contribution is 5.32. The minimum atomic E-state index is -0.196. The summed E-state index contributed by atoms with van der Waals surface area (Å²) in [6.45, 7) is 2.06. The van der Waals surface area contributed by atoms with Crippen molar-refractivity contribution in [3.8, 4) is 0 Å². The average molecular weight is 237 g/mol. The number of methoxy groups -OCH3 is 1. The second-order valence-corrected chi connectivity index (χ2v) is 4.85. The van der Waals surface area contributed by atoms with Gasteiger partial charge in [-0.05, 0) is 44.0 Å². The fourth-order valence-corrected chi connectivity index (χ4v) is 2.58. The monoisotopic (exact) mass is 237 g/mol. The number of hydrogen-bond acceptors (Lipinski definition) is 2. The van der Waals surface area contributed by atoms with E-state index in [0.717, 1.165) is 32.4 Å². The molecule has 1 saturated heterocycles. The van der Waals surface area contributed by atoms with Gasteiger partial charge in [-0.2, -0.15) is 0 Å². The predicted molar refractivity (Wildman–Crippen MR) is 67.5 cm³/mol. The molecule has 0 amide bonds. The molecule has 17 heavy (non-hydrogen) atoms. The smallest absolute Gasteiger partial charge is 0.122 e. The van der Waals surface area contributed by atoms with E-state index >= 15 is 0 Å². The SMILES string of the molecule is COC1(C2=CC=C(F)C=CC2)CCN(C)CC1. The van der Waals surface area contributed by atoms with Gasteiger partial charge in [-0.3, -0.25) is 0 Å². The Bertz CT molecular complexity index is 362. The van der Waals surface area contributed by atoms with Crippen LogP contribution in [0.15, 0.2) is 35.7 Å². The normalized spacial score (nSPS) is 25.1. The Hall–Kier alpha value is -0.930. The van der Waals surface area contributed by atoms with E-state index in [1.165, 1.54) is 17.7 Å². The van der Waals surface area contributed by atoms with Crippen molar-refractivity contribution in [3.05, 3.63) is 35.7 Å². The zero-order valence-corrected chi connectivity index (χ0v) is 10.6. The highest BCUT2D eigenvalue weighted by Gasteiger charge is 2.36. The largest absolute Gasteiger partial charge is 0.374 e. The molecular weight excluding hydrogens is 217 g/mol. The Morgan fingerprint density at radius 2 is 2.00 bits per heavy atom. The van der Waals surface area contributed by atoms with Gasteiger partial charge >= 0.3 is 0 Å². The highest BCUT2D eigenvalue weighted by atomic mass is 19.1. The van der Waals surface area contributed by atoms with Gasteiger partial charge in [0.25, 0.3) is 0 Å². The molecule has 2 nitrogen and oxygen atoms in total. The third-order valence-electron chi connectivity index (χ3n) is 3.83. The van der Waals surface area contributed by atoms with Crippen molar-refractivity contribution in [2.75, 3.05) is 27.2 Å². The Labute approximate surface area is 102 Å². The number of piperidine rings is 1. The number of rotatable bonds is 2. The van der Waals surface area contributed by atoms with E-state index in [2.05, 4.69) is 11.9 Å². The average Bonchev–Trinajstić information content (AvgIpc) is 2.56. The van der Waals surface area contributed by atoms with Crippen LogP contribution in [0.2, 0.25) is 0 Å². The van der Waals surface area contributed by atoms with Crippen LogP contribution >= 0.6 is 0 Å². The molecule has 0 aromatic carbocycles. The first-order chi connectivity index (χ1) is 8.16. The van der Waals surface area contributed by atoms with Crippen LogP contribution in [-0.4, -0.2) is 37.7 Å². The van der Waals surface area contributed by atoms with Gasteiger partial charge in [0.05, 0.1) is 5.60 Å². The van der Waals surface area contributed by atoms with Gasteiger partial charge < -0.3 is 9.64 Å².